The van der Waals surface area contributed by atoms with Crippen molar-refractivity contribution in [2.45, 2.75) is 26.3 Å². The predicted octanol–water partition coefficient (Wildman–Crippen LogP) is 3.02. The second-order valence-corrected chi connectivity index (χ2v) is 8.18. The predicted molar refractivity (Wildman–Crippen MR) is 115 cm³/mol. The van der Waals surface area contributed by atoms with Crippen LogP contribution < -0.4 is 5.73 Å². The first-order valence-corrected chi connectivity index (χ1v) is 10.1. The summed E-state index contributed by atoms with van der Waals surface area (Å²) in [5.74, 6) is 1.77. The number of piperazine rings is 1. The van der Waals surface area contributed by atoms with Gasteiger partial charge in [-0.2, -0.15) is 0 Å². The fourth-order valence-corrected chi connectivity index (χ4v) is 4.21. The number of nitrogens with one attached hydrogen (secondary N) is 1. The lowest BCUT2D eigenvalue weighted by Gasteiger charge is -2.40. The minimum absolute atomic E-state index is 0.488. The molecule has 1 atom stereocenters. The van der Waals surface area contributed by atoms with Crippen LogP contribution in [0.1, 0.15) is 19.4 Å². The van der Waals surface area contributed by atoms with Gasteiger partial charge in [-0.05, 0) is 43.1 Å². The highest BCUT2D eigenvalue weighted by molar-refractivity contribution is 5.92. The smallest absolute Gasteiger partial charge is 0.178 e. The highest BCUT2D eigenvalue weighted by Crippen LogP contribution is 2.28. The summed E-state index contributed by atoms with van der Waals surface area (Å²) in [5, 5.41) is 0.998. The summed E-state index contributed by atoms with van der Waals surface area (Å²) in [4.78, 5) is 17.6. The molecule has 1 fully saturated rings. The number of likely N-dealkylation sites (N-methyl/N-ethyl adjacent to an activating group) is 1. The molecular weight excluding hydrogens is 348 g/mol. The summed E-state index contributed by atoms with van der Waals surface area (Å²) in [6, 6.07) is 10.7. The first kappa shape index (κ1) is 18.9. The molecule has 3 aromatic rings. The zero-order chi connectivity index (χ0) is 19.7. The largest absolute Gasteiger partial charge is 0.383 e. The standard InChI is InChI=1S/C22H30N6/c1-15(2)19(28-12-10-27(3)11-13-28)14-16-6-4-7-17-20(16)21(23)26-22(25-17)18-8-5-9-24-18/h4-9,15,19,24H,10-14H2,1-3H3,(H2,23,25,26). The topological polar surface area (TPSA) is 74.1 Å². The van der Waals surface area contributed by atoms with E-state index in [0.717, 1.165) is 49.2 Å². The Morgan fingerprint density at radius 3 is 2.54 bits per heavy atom. The van der Waals surface area contributed by atoms with E-state index in [1.807, 2.05) is 24.4 Å². The summed E-state index contributed by atoms with van der Waals surface area (Å²) in [6.07, 6.45) is 2.84. The SMILES string of the molecule is CC(C)C(Cc1cccc2nc(-c3ccc[nH]3)nc(N)c12)N1CCN(C)CC1. The van der Waals surface area contributed by atoms with Crippen LogP contribution in [0.25, 0.3) is 22.4 Å². The van der Waals surface area contributed by atoms with Gasteiger partial charge in [0.1, 0.15) is 5.82 Å². The summed E-state index contributed by atoms with van der Waals surface area (Å²) in [5.41, 5.74) is 9.47. The van der Waals surface area contributed by atoms with Crippen molar-refractivity contribution in [3.05, 3.63) is 42.1 Å². The van der Waals surface area contributed by atoms with E-state index >= 15 is 0 Å². The Kier molecular flexibility index (Phi) is 5.33. The van der Waals surface area contributed by atoms with Crippen LogP contribution in [-0.4, -0.2) is 64.0 Å². The molecule has 3 N–H and O–H groups in total. The quantitative estimate of drug-likeness (QED) is 0.714. The van der Waals surface area contributed by atoms with Crippen molar-refractivity contribution < 1.29 is 0 Å². The van der Waals surface area contributed by atoms with Gasteiger partial charge in [0.05, 0.1) is 11.2 Å². The summed E-state index contributed by atoms with van der Waals surface area (Å²) in [7, 11) is 2.20. The molecule has 0 bridgehead atoms. The van der Waals surface area contributed by atoms with Gasteiger partial charge in [0.15, 0.2) is 5.82 Å². The van der Waals surface area contributed by atoms with Gasteiger partial charge in [0.2, 0.25) is 0 Å². The Bertz CT molecular complexity index is 926. The van der Waals surface area contributed by atoms with Crippen LogP contribution in [0.3, 0.4) is 0 Å². The molecule has 1 saturated heterocycles. The fraction of sp³-hybridized carbons (Fsp3) is 0.455. The zero-order valence-corrected chi connectivity index (χ0v) is 17.0. The monoisotopic (exact) mass is 378 g/mol. The number of benzene rings is 1. The Hall–Kier alpha value is -2.44. The normalized spacial score (nSPS) is 17.4. The highest BCUT2D eigenvalue weighted by Gasteiger charge is 2.26. The third kappa shape index (κ3) is 3.75. The average Bonchev–Trinajstić information content (AvgIpc) is 3.21. The Morgan fingerprint density at radius 2 is 1.86 bits per heavy atom. The first-order valence-electron chi connectivity index (χ1n) is 10.1. The average molecular weight is 379 g/mol. The number of nitrogens with zero attached hydrogens (tertiary/aromatic N) is 4. The third-order valence-electron chi connectivity index (χ3n) is 5.88. The summed E-state index contributed by atoms with van der Waals surface area (Å²) >= 11 is 0. The lowest BCUT2D eigenvalue weighted by Crippen LogP contribution is -2.51. The van der Waals surface area contributed by atoms with Crippen molar-refractivity contribution in [3.8, 4) is 11.5 Å². The Labute approximate surface area is 166 Å². The molecule has 1 aliphatic rings. The number of nitrogens with two attached hydrogens (primary N) is 1. The van der Waals surface area contributed by atoms with Crippen molar-refractivity contribution in [2.24, 2.45) is 5.92 Å². The fourth-order valence-electron chi connectivity index (χ4n) is 4.21. The molecule has 148 valence electrons. The summed E-state index contributed by atoms with van der Waals surface area (Å²) in [6.45, 7) is 9.13. The summed E-state index contributed by atoms with van der Waals surface area (Å²) < 4.78 is 0. The molecule has 0 aliphatic carbocycles. The maximum Gasteiger partial charge on any atom is 0.178 e. The number of hydrogen-bond donors (Lipinski definition) is 2. The molecule has 28 heavy (non-hydrogen) atoms. The van der Waals surface area contributed by atoms with Gasteiger partial charge in [-0.15, -0.1) is 0 Å². The van der Waals surface area contributed by atoms with Crippen LogP contribution in [0.2, 0.25) is 0 Å². The second-order valence-electron chi connectivity index (χ2n) is 8.18. The van der Waals surface area contributed by atoms with Crippen molar-refractivity contribution >= 4 is 16.7 Å². The van der Waals surface area contributed by atoms with Gasteiger partial charge in [0.25, 0.3) is 0 Å². The molecule has 1 aromatic carbocycles. The molecule has 6 heteroatoms. The van der Waals surface area contributed by atoms with Gasteiger partial charge in [0, 0.05) is 43.8 Å². The number of nitrogen functional groups attached to an aromatic ring is 1. The van der Waals surface area contributed by atoms with Crippen LogP contribution in [-0.2, 0) is 6.42 Å². The number of fused-ring (bicyclic) bond motifs is 1. The van der Waals surface area contributed by atoms with Crippen LogP contribution in [0, 0.1) is 5.92 Å². The van der Waals surface area contributed by atoms with Crippen molar-refractivity contribution in [1.29, 1.82) is 0 Å². The number of hydrogen-bond acceptors (Lipinski definition) is 5. The third-order valence-corrected chi connectivity index (χ3v) is 5.88. The van der Waals surface area contributed by atoms with E-state index in [1.165, 1.54) is 5.56 Å². The number of aromatic amines is 1. The molecule has 1 aliphatic heterocycles. The van der Waals surface area contributed by atoms with E-state index in [0.29, 0.717) is 23.6 Å². The van der Waals surface area contributed by atoms with E-state index in [9.17, 15) is 0 Å². The maximum absolute atomic E-state index is 6.43. The molecule has 4 rings (SSSR count). The van der Waals surface area contributed by atoms with Crippen LogP contribution in [0.5, 0.6) is 0 Å². The van der Waals surface area contributed by atoms with Crippen molar-refractivity contribution in [1.82, 2.24) is 24.8 Å². The maximum atomic E-state index is 6.43. The van der Waals surface area contributed by atoms with E-state index in [4.69, 9.17) is 10.7 Å². The molecule has 2 aromatic heterocycles. The number of aromatic nitrogens is 3. The van der Waals surface area contributed by atoms with Gasteiger partial charge >= 0.3 is 0 Å². The molecule has 1 unspecified atom stereocenters. The number of anilines is 1. The van der Waals surface area contributed by atoms with Crippen molar-refractivity contribution in [2.75, 3.05) is 39.0 Å². The second kappa shape index (κ2) is 7.89. The molecule has 0 saturated carbocycles. The molecule has 0 spiro atoms. The van der Waals surface area contributed by atoms with E-state index in [-0.39, 0.29) is 0 Å². The Morgan fingerprint density at radius 1 is 1.07 bits per heavy atom. The van der Waals surface area contributed by atoms with Crippen LogP contribution in [0.4, 0.5) is 5.82 Å². The van der Waals surface area contributed by atoms with E-state index in [2.05, 4.69) is 52.8 Å². The van der Waals surface area contributed by atoms with Crippen molar-refractivity contribution in [3.63, 3.8) is 0 Å². The van der Waals surface area contributed by atoms with Gasteiger partial charge in [-0.3, -0.25) is 4.90 Å². The highest BCUT2D eigenvalue weighted by atomic mass is 15.3. The number of rotatable bonds is 5. The van der Waals surface area contributed by atoms with Gasteiger partial charge in [-0.25, -0.2) is 9.97 Å². The molecule has 0 amide bonds. The minimum Gasteiger partial charge on any atom is -0.383 e. The van der Waals surface area contributed by atoms with Crippen LogP contribution in [0.15, 0.2) is 36.5 Å². The number of H-pyrrole nitrogens is 1. The molecule has 6 nitrogen and oxygen atoms in total. The lowest BCUT2D eigenvalue weighted by molar-refractivity contribution is 0.0884. The lowest BCUT2D eigenvalue weighted by atomic mass is 9.92. The molecule has 3 heterocycles. The van der Waals surface area contributed by atoms with E-state index in [1.54, 1.807) is 0 Å². The first-order chi connectivity index (χ1) is 13.5. The Balaban J connectivity index is 1.68. The van der Waals surface area contributed by atoms with Gasteiger partial charge < -0.3 is 15.6 Å². The van der Waals surface area contributed by atoms with E-state index < -0.39 is 0 Å². The zero-order valence-electron chi connectivity index (χ0n) is 17.0. The molecular formula is C22H30N6. The minimum atomic E-state index is 0.488. The van der Waals surface area contributed by atoms with Gasteiger partial charge in [-0.1, -0.05) is 26.0 Å². The van der Waals surface area contributed by atoms with Crippen LogP contribution >= 0.6 is 0 Å². The molecule has 0 radical (unpaired) electrons.